The van der Waals surface area contributed by atoms with E-state index in [2.05, 4.69) is 73.1 Å². The quantitative estimate of drug-likeness (QED) is 0.759. The first-order chi connectivity index (χ1) is 10.2. The van der Waals surface area contributed by atoms with Crippen molar-refractivity contribution in [3.63, 3.8) is 0 Å². The van der Waals surface area contributed by atoms with Crippen LogP contribution in [-0.4, -0.2) is 4.57 Å². The van der Waals surface area contributed by atoms with Crippen molar-refractivity contribution >= 4 is 10.9 Å². The Labute approximate surface area is 126 Å². The lowest BCUT2D eigenvalue weighted by atomic mass is 10.0. The molecule has 2 N–H and O–H groups in total. The van der Waals surface area contributed by atoms with Crippen molar-refractivity contribution in [2.75, 3.05) is 0 Å². The topological polar surface area (TPSA) is 30.9 Å². The number of hydrogen-bond acceptors (Lipinski definition) is 1. The van der Waals surface area contributed by atoms with E-state index in [1.807, 2.05) is 0 Å². The number of fused-ring (bicyclic) bond motifs is 1. The van der Waals surface area contributed by atoms with E-state index in [4.69, 9.17) is 5.73 Å². The maximum Gasteiger partial charge on any atom is 0.0528 e. The van der Waals surface area contributed by atoms with Gasteiger partial charge in [0, 0.05) is 19.3 Å². The summed E-state index contributed by atoms with van der Waals surface area (Å²) < 4.78 is 2.29. The Morgan fingerprint density at radius 2 is 1.76 bits per heavy atom. The molecule has 108 valence electrons. The van der Waals surface area contributed by atoms with Crippen molar-refractivity contribution in [3.8, 4) is 0 Å². The van der Waals surface area contributed by atoms with E-state index in [1.165, 1.54) is 27.6 Å². The highest BCUT2D eigenvalue weighted by atomic mass is 15.0. The molecule has 1 aromatic heterocycles. The zero-order valence-corrected chi connectivity index (χ0v) is 12.7. The van der Waals surface area contributed by atoms with Crippen LogP contribution in [0.15, 0.2) is 54.7 Å². The smallest absolute Gasteiger partial charge is 0.0528 e. The summed E-state index contributed by atoms with van der Waals surface area (Å²) in [6.07, 6.45) is 2.15. The highest BCUT2D eigenvalue weighted by Crippen LogP contribution is 2.22. The normalized spacial score (nSPS) is 11.4. The van der Waals surface area contributed by atoms with Gasteiger partial charge in [-0.15, -0.1) is 0 Å². The molecule has 0 bridgehead atoms. The van der Waals surface area contributed by atoms with Gasteiger partial charge in [-0.25, -0.2) is 0 Å². The van der Waals surface area contributed by atoms with Crippen molar-refractivity contribution in [1.82, 2.24) is 4.57 Å². The van der Waals surface area contributed by atoms with Crippen molar-refractivity contribution in [1.29, 1.82) is 0 Å². The van der Waals surface area contributed by atoms with E-state index in [9.17, 15) is 0 Å². The predicted molar refractivity (Wildman–Crippen MR) is 89.5 cm³/mol. The molecule has 0 aliphatic carbocycles. The first-order valence-corrected chi connectivity index (χ1v) is 7.54. The largest absolute Gasteiger partial charge is 0.343 e. The van der Waals surface area contributed by atoms with Crippen LogP contribution in [0.25, 0.3) is 10.9 Å². The van der Waals surface area contributed by atoms with E-state index in [-0.39, 0.29) is 0 Å². The second-order valence-electron chi connectivity index (χ2n) is 5.90. The van der Waals surface area contributed by atoms with Crippen molar-refractivity contribution in [2.24, 2.45) is 5.73 Å². The molecule has 0 saturated heterocycles. The van der Waals surface area contributed by atoms with Gasteiger partial charge in [-0.2, -0.15) is 0 Å². The summed E-state index contributed by atoms with van der Waals surface area (Å²) >= 11 is 0. The van der Waals surface area contributed by atoms with Crippen LogP contribution in [0.1, 0.15) is 36.5 Å². The second kappa shape index (κ2) is 5.74. The molecule has 0 amide bonds. The van der Waals surface area contributed by atoms with E-state index < -0.39 is 0 Å². The molecule has 2 nitrogen and oxygen atoms in total. The minimum atomic E-state index is 0.577. The molecule has 2 heteroatoms. The third kappa shape index (κ3) is 2.72. The molecule has 0 fully saturated rings. The average molecular weight is 278 g/mol. The summed E-state index contributed by atoms with van der Waals surface area (Å²) in [5.74, 6) is 0.579. The van der Waals surface area contributed by atoms with Crippen LogP contribution < -0.4 is 5.73 Å². The van der Waals surface area contributed by atoms with E-state index in [0.29, 0.717) is 12.5 Å². The number of hydrogen-bond donors (Lipinski definition) is 1. The Morgan fingerprint density at radius 1 is 1.00 bits per heavy atom. The molecule has 0 radical (unpaired) electrons. The van der Waals surface area contributed by atoms with Crippen LogP contribution in [-0.2, 0) is 13.1 Å². The Bertz CT molecular complexity index is 736. The van der Waals surface area contributed by atoms with Crippen LogP contribution in [0.3, 0.4) is 0 Å². The third-order valence-electron chi connectivity index (χ3n) is 4.09. The number of rotatable bonds is 4. The zero-order valence-electron chi connectivity index (χ0n) is 12.7. The first kappa shape index (κ1) is 13.9. The molecule has 0 saturated carbocycles. The molecule has 3 rings (SSSR count). The Morgan fingerprint density at radius 3 is 2.43 bits per heavy atom. The van der Waals surface area contributed by atoms with Gasteiger partial charge in [0.15, 0.2) is 0 Å². The van der Waals surface area contributed by atoms with Gasteiger partial charge in [0.05, 0.1) is 5.52 Å². The lowest BCUT2D eigenvalue weighted by molar-refractivity contribution is 0.823. The molecule has 0 unspecified atom stereocenters. The molecule has 0 spiro atoms. The van der Waals surface area contributed by atoms with Gasteiger partial charge in [0.1, 0.15) is 0 Å². The van der Waals surface area contributed by atoms with Crippen molar-refractivity contribution in [3.05, 3.63) is 71.4 Å². The molecule has 0 aliphatic heterocycles. The molecule has 2 aromatic carbocycles. The molecule has 21 heavy (non-hydrogen) atoms. The fourth-order valence-electron chi connectivity index (χ4n) is 2.84. The minimum Gasteiger partial charge on any atom is -0.343 e. The number of nitrogens with two attached hydrogens (primary N) is 1. The summed E-state index contributed by atoms with van der Waals surface area (Å²) in [5.41, 5.74) is 11.1. The monoisotopic (exact) mass is 278 g/mol. The Kier molecular flexibility index (Phi) is 3.80. The highest BCUT2D eigenvalue weighted by Gasteiger charge is 2.06. The van der Waals surface area contributed by atoms with Gasteiger partial charge in [-0.3, -0.25) is 0 Å². The standard InChI is InChI=1S/C19H22N2/c1-14(2)16-8-6-15(7-9-16)13-21-11-10-17-4-3-5-18(12-20)19(17)21/h3-11,14H,12-13,20H2,1-2H3. The maximum atomic E-state index is 5.88. The van der Waals surface area contributed by atoms with Gasteiger partial charge in [0.2, 0.25) is 0 Å². The summed E-state index contributed by atoms with van der Waals surface area (Å²) in [6.45, 7) is 5.91. The fraction of sp³-hybridized carbons (Fsp3) is 0.263. The molecule has 1 heterocycles. The van der Waals surface area contributed by atoms with Gasteiger partial charge < -0.3 is 10.3 Å². The lowest BCUT2D eigenvalue weighted by Gasteiger charge is -2.10. The van der Waals surface area contributed by atoms with Crippen LogP contribution in [0.4, 0.5) is 0 Å². The molecular weight excluding hydrogens is 256 g/mol. The summed E-state index contributed by atoms with van der Waals surface area (Å²) in [5, 5.41) is 1.26. The Hall–Kier alpha value is -2.06. The van der Waals surface area contributed by atoms with Gasteiger partial charge in [0.25, 0.3) is 0 Å². The fourth-order valence-corrected chi connectivity index (χ4v) is 2.84. The summed E-state index contributed by atoms with van der Waals surface area (Å²) in [6, 6.07) is 17.4. The third-order valence-corrected chi connectivity index (χ3v) is 4.09. The predicted octanol–water partition coefficient (Wildman–Crippen LogP) is 4.27. The molecule has 3 aromatic rings. The van der Waals surface area contributed by atoms with E-state index >= 15 is 0 Å². The zero-order chi connectivity index (χ0) is 14.8. The number of nitrogens with zero attached hydrogens (tertiary/aromatic N) is 1. The molecule has 0 aliphatic rings. The number of aromatic nitrogens is 1. The Balaban J connectivity index is 1.94. The average Bonchev–Trinajstić information content (AvgIpc) is 2.91. The summed E-state index contributed by atoms with van der Waals surface area (Å²) in [4.78, 5) is 0. The van der Waals surface area contributed by atoms with Crippen LogP contribution >= 0.6 is 0 Å². The highest BCUT2D eigenvalue weighted by molar-refractivity contribution is 5.83. The van der Waals surface area contributed by atoms with Crippen LogP contribution in [0.5, 0.6) is 0 Å². The van der Waals surface area contributed by atoms with Crippen molar-refractivity contribution in [2.45, 2.75) is 32.9 Å². The van der Waals surface area contributed by atoms with Gasteiger partial charge >= 0.3 is 0 Å². The molecule has 0 atom stereocenters. The minimum absolute atomic E-state index is 0.577. The van der Waals surface area contributed by atoms with Crippen LogP contribution in [0.2, 0.25) is 0 Å². The van der Waals surface area contributed by atoms with E-state index in [0.717, 1.165) is 6.54 Å². The maximum absolute atomic E-state index is 5.88. The lowest BCUT2D eigenvalue weighted by Crippen LogP contribution is -2.03. The van der Waals surface area contributed by atoms with Crippen LogP contribution in [0, 0.1) is 0 Å². The number of para-hydroxylation sites is 1. The van der Waals surface area contributed by atoms with Gasteiger partial charge in [-0.05, 0) is 34.1 Å². The van der Waals surface area contributed by atoms with Crippen molar-refractivity contribution < 1.29 is 0 Å². The summed E-state index contributed by atoms with van der Waals surface area (Å²) in [7, 11) is 0. The molecular formula is C19H22N2. The van der Waals surface area contributed by atoms with Gasteiger partial charge in [-0.1, -0.05) is 56.3 Å². The first-order valence-electron chi connectivity index (χ1n) is 7.54. The second-order valence-corrected chi connectivity index (χ2v) is 5.90. The SMILES string of the molecule is CC(C)c1ccc(Cn2ccc3cccc(CN)c32)cc1. The number of benzene rings is 2. The van der Waals surface area contributed by atoms with E-state index in [1.54, 1.807) is 0 Å².